The largest absolute Gasteiger partial charge is 0.393 e. The summed E-state index contributed by atoms with van der Waals surface area (Å²) in [5.41, 5.74) is 0. The van der Waals surface area contributed by atoms with Crippen molar-refractivity contribution in [2.24, 2.45) is 0 Å². The van der Waals surface area contributed by atoms with Crippen LogP contribution in [0.4, 0.5) is 0 Å². The van der Waals surface area contributed by atoms with Gasteiger partial charge < -0.3 is 10.4 Å². The summed E-state index contributed by atoms with van der Waals surface area (Å²) in [5.74, 6) is 0.142. The molecule has 2 rings (SSSR count). The molecule has 0 bridgehead atoms. The average molecular weight is 198 g/mol. The third kappa shape index (κ3) is 2.96. The first-order chi connectivity index (χ1) is 6.74. The molecule has 4 heteroatoms. The molecule has 0 atom stereocenters. The Hall–Kier alpha value is -0.610. The first-order valence-electron chi connectivity index (χ1n) is 5.44. The van der Waals surface area contributed by atoms with Crippen LogP contribution in [-0.4, -0.2) is 47.7 Å². The second-order valence-corrected chi connectivity index (χ2v) is 4.35. The van der Waals surface area contributed by atoms with Crippen LogP contribution in [0, 0.1) is 0 Å². The van der Waals surface area contributed by atoms with Crippen LogP contribution in [0.25, 0.3) is 0 Å². The highest BCUT2D eigenvalue weighted by Crippen LogP contribution is 2.18. The first kappa shape index (κ1) is 9.93. The Bertz CT molecular complexity index is 208. The summed E-state index contributed by atoms with van der Waals surface area (Å²) in [4.78, 5) is 13.5. The molecule has 14 heavy (non-hydrogen) atoms. The number of carbonyl (C=O) groups excluding carboxylic acids is 1. The van der Waals surface area contributed by atoms with E-state index in [1.54, 1.807) is 0 Å². The summed E-state index contributed by atoms with van der Waals surface area (Å²) < 4.78 is 0. The SMILES string of the molecule is O=C(CN1CCC(O)CC1)NC1CC1. The van der Waals surface area contributed by atoms with Gasteiger partial charge in [-0.25, -0.2) is 0 Å². The van der Waals surface area contributed by atoms with Gasteiger partial charge in [0.15, 0.2) is 0 Å². The number of aliphatic hydroxyl groups is 1. The summed E-state index contributed by atoms with van der Waals surface area (Å²) in [6, 6.07) is 0.456. The zero-order chi connectivity index (χ0) is 9.97. The predicted octanol–water partition coefficient (Wildman–Crippen LogP) is -0.278. The van der Waals surface area contributed by atoms with Crippen LogP contribution in [0.2, 0.25) is 0 Å². The lowest BCUT2D eigenvalue weighted by Crippen LogP contribution is -2.43. The number of hydrogen-bond acceptors (Lipinski definition) is 3. The van der Waals surface area contributed by atoms with Crippen molar-refractivity contribution >= 4 is 5.91 Å². The third-order valence-corrected chi connectivity index (χ3v) is 2.87. The molecule has 4 nitrogen and oxygen atoms in total. The van der Waals surface area contributed by atoms with Crippen LogP contribution in [-0.2, 0) is 4.79 Å². The summed E-state index contributed by atoms with van der Waals surface area (Å²) in [6.45, 7) is 2.20. The molecule has 0 unspecified atom stereocenters. The molecule has 80 valence electrons. The maximum Gasteiger partial charge on any atom is 0.234 e. The topological polar surface area (TPSA) is 52.6 Å². The quantitative estimate of drug-likeness (QED) is 0.656. The molecule has 1 aliphatic carbocycles. The first-order valence-corrected chi connectivity index (χ1v) is 5.44. The van der Waals surface area contributed by atoms with Gasteiger partial charge in [0.1, 0.15) is 0 Å². The van der Waals surface area contributed by atoms with Gasteiger partial charge in [-0.2, -0.15) is 0 Å². The minimum Gasteiger partial charge on any atom is -0.393 e. The van der Waals surface area contributed by atoms with E-state index in [9.17, 15) is 9.90 Å². The van der Waals surface area contributed by atoms with Gasteiger partial charge in [0.2, 0.25) is 5.91 Å². The van der Waals surface area contributed by atoms with Crippen LogP contribution < -0.4 is 5.32 Å². The van der Waals surface area contributed by atoms with Gasteiger partial charge >= 0.3 is 0 Å². The van der Waals surface area contributed by atoms with E-state index in [1.165, 1.54) is 0 Å². The Balaban J connectivity index is 1.66. The van der Waals surface area contributed by atoms with Gasteiger partial charge in [0.25, 0.3) is 0 Å². The standard InChI is InChI=1S/C10H18N2O2/c13-9-3-5-12(6-4-9)7-10(14)11-8-1-2-8/h8-9,13H,1-7H2,(H,11,14). The Morgan fingerprint density at radius 3 is 2.50 bits per heavy atom. The monoisotopic (exact) mass is 198 g/mol. The van der Waals surface area contributed by atoms with Crippen LogP contribution in [0.1, 0.15) is 25.7 Å². The molecular weight excluding hydrogens is 180 g/mol. The molecule has 0 radical (unpaired) electrons. The van der Waals surface area contributed by atoms with E-state index in [-0.39, 0.29) is 12.0 Å². The fraction of sp³-hybridized carbons (Fsp3) is 0.900. The number of piperidine rings is 1. The minimum absolute atomic E-state index is 0.142. The highest BCUT2D eigenvalue weighted by Gasteiger charge is 2.25. The number of likely N-dealkylation sites (tertiary alicyclic amines) is 1. The lowest BCUT2D eigenvalue weighted by Gasteiger charge is -2.28. The van der Waals surface area contributed by atoms with Crippen LogP contribution in [0.5, 0.6) is 0 Å². The van der Waals surface area contributed by atoms with Gasteiger partial charge in [-0.05, 0) is 25.7 Å². The number of carbonyl (C=O) groups is 1. The molecule has 1 amide bonds. The van der Waals surface area contributed by atoms with Crippen molar-refractivity contribution in [3.05, 3.63) is 0 Å². The molecule has 2 aliphatic rings. The Kier molecular flexibility index (Phi) is 3.03. The van der Waals surface area contributed by atoms with Crippen molar-refractivity contribution in [1.82, 2.24) is 10.2 Å². The van der Waals surface area contributed by atoms with Gasteiger partial charge in [0.05, 0.1) is 12.6 Å². The molecule has 2 fully saturated rings. The molecule has 1 saturated heterocycles. The van der Waals surface area contributed by atoms with Crippen LogP contribution in [0.3, 0.4) is 0 Å². The molecular formula is C10H18N2O2. The summed E-state index contributed by atoms with van der Waals surface area (Å²) in [6.07, 6.45) is 3.74. The van der Waals surface area contributed by atoms with E-state index in [1.807, 2.05) is 0 Å². The summed E-state index contributed by atoms with van der Waals surface area (Å²) in [7, 11) is 0. The molecule has 1 aliphatic heterocycles. The van der Waals surface area contributed by atoms with E-state index in [4.69, 9.17) is 0 Å². The molecule has 0 aromatic rings. The van der Waals surface area contributed by atoms with Crippen molar-refractivity contribution in [3.8, 4) is 0 Å². The van der Waals surface area contributed by atoms with Crippen LogP contribution >= 0.6 is 0 Å². The van der Waals surface area contributed by atoms with Crippen molar-refractivity contribution in [2.45, 2.75) is 37.8 Å². The van der Waals surface area contributed by atoms with E-state index in [0.29, 0.717) is 12.6 Å². The number of rotatable bonds is 3. The summed E-state index contributed by atoms with van der Waals surface area (Å²) >= 11 is 0. The highest BCUT2D eigenvalue weighted by atomic mass is 16.3. The number of nitrogens with zero attached hydrogens (tertiary/aromatic N) is 1. The number of hydrogen-bond donors (Lipinski definition) is 2. The normalized spacial score (nSPS) is 24.9. The molecule has 1 heterocycles. The van der Waals surface area contributed by atoms with Crippen LogP contribution in [0.15, 0.2) is 0 Å². The van der Waals surface area contributed by atoms with Gasteiger partial charge in [0, 0.05) is 19.1 Å². The fourth-order valence-electron chi connectivity index (χ4n) is 1.78. The Labute approximate surface area is 84.3 Å². The molecule has 2 N–H and O–H groups in total. The Morgan fingerprint density at radius 2 is 1.93 bits per heavy atom. The summed E-state index contributed by atoms with van der Waals surface area (Å²) in [5, 5.41) is 12.3. The fourth-order valence-corrected chi connectivity index (χ4v) is 1.78. The Morgan fingerprint density at radius 1 is 1.29 bits per heavy atom. The van der Waals surface area contributed by atoms with Gasteiger partial charge in [-0.15, -0.1) is 0 Å². The third-order valence-electron chi connectivity index (χ3n) is 2.87. The van der Waals surface area contributed by atoms with Crippen molar-refractivity contribution < 1.29 is 9.90 Å². The lowest BCUT2D eigenvalue weighted by molar-refractivity contribution is -0.122. The lowest BCUT2D eigenvalue weighted by atomic mass is 10.1. The van der Waals surface area contributed by atoms with Gasteiger partial charge in [-0.3, -0.25) is 9.69 Å². The maximum atomic E-state index is 11.4. The number of aliphatic hydroxyl groups excluding tert-OH is 1. The van der Waals surface area contributed by atoms with E-state index in [2.05, 4.69) is 10.2 Å². The average Bonchev–Trinajstić information content (AvgIpc) is 2.93. The second-order valence-electron chi connectivity index (χ2n) is 4.35. The zero-order valence-corrected chi connectivity index (χ0v) is 8.41. The minimum atomic E-state index is -0.155. The number of nitrogens with one attached hydrogen (secondary N) is 1. The second kappa shape index (κ2) is 4.28. The smallest absolute Gasteiger partial charge is 0.234 e. The molecule has 0 spiro atoms. The predicted molar refractivity (Wildman–Crippen MR) is 52.8 cm³/mol. The van der Waals surface area contributed by atoms with E-state index in [0.717, 1.165) is 38.8 Å². The molecule has 1 saturated carbocycles. The maximum absolute atomic E-state index is 11.4. The van der Waals surface area contributed by atoms with E-state index >= 15 is 0 Å². The van der Waals surface area contributed by atoms with Crippen molar-refractivity contribution in [3.63, 3.8) is 0 Å². The van der Waals surface area contributed by atoms with E-state index < -0.39 is 0 Å². The van der Waals surface area contributed by atoms with Gasteiger partial charge in [-0.1, -0.05) is 0 Å². The zero-order valence-electron chi connectivity index (χ0n) is 8.41. The molecule has 0 aromatic carbocycles. The highest BCUT2D eigenvalue weighted by molar-refractivity contribution is 5.78. The molecule has 0 aromatic heterocycles. The number of amides is 1. The van der Waals surface area contributed by atoms with Crippen molar-refractivity contribution in [2.75, 3.05) is 19.6 Å². The van der Waals surface area contributed by atoms with Crippen molar-refractivity contribution in [1.29, 1.82) is 0 Å².